The van der Waals surface area contributed by atoms with E-state index in [4.69, 9.17) is 20.2 Å². The van der Waals surface area contributed by atoms with Gasteiger partial charge in [-0.25, -0.2) is 4.98 Å². The summed E-state index contributed by atoms with van der Waals surface area (Å²) in [6.07, 6.45) is 6.32. The number of para-hydroxylation sites is 1. The number of hydrogen-bond acceptors (Lipinski definition) is 7. The Morgan fingerprint density at radius 1 is 0.933 bits per heavy atom. The highest BCUT2D eigenvalue weighted by molar-refractivity contribution is 5.90. The zero-order valence-corrected chi connectivity index (χ0v) is 17.8. The van der Waals surface area contributed by atoms with Crippen molar-refractivity contribution in [2.45, 2.75) is 32.1 Å². The van der Waals surface area contributed by atoms with Crippen LogP contribution in [0.2, 0.25) is 0 Å². The number of fused-ring (bicyclic) bond motifs is 5. The van der Waals surface area contributed by atoms with Crippen molar-refractivity contribution in [2.75, 3.05) is 62.7 Å². The molecule has 1 aliphatic carbocycles. The van der Waals surface area contributed by atoms with Gasteiger partial charge in [0, 0.05) is 38.1 Å². The van der Waals surface area contributed by atoms with Crippen LogP contribution in [0.1, 0.15) is 32.1 Å². The van der Waals surface area contributed by atoms with Crippen molar-refractivity contribution in [3.05, 3.63) is 24.3 Å². The van der Waals surface area contributed by atoms with Crippen molar-refractivity contribution in [3.8, 4) is 0 Å². The highest BCUT2D eigenvalue weighted by Crippen LogP contribution is 2.37. The molecule has 2 saturated heterocycles. The highest BCUT2D eigenvalue weighted by Gasteiger charge is 2.30. The Morgan fingerprint density at radius 3 is 2.27 bits per heavy atom. The molecule has 3 N–H and O–H groups in total. The summed E-state index contributed by atoms with van der Waals surface area (Å²) in [7, 11) is 0. The molecular weight excluding hydrogens is 378 g/mol. The van der Waals surface area contributed by atoms with Crippen molar-refractivity contribution in [3.63, 3.8) is 0 Å². The molecule has 0 radical (unpaired) electrons. The van der Waals surface area contributed by atoms with Crippen LogP contribution in [0.15, 0.2) is 24.3 Å². The Labute approximate surface area is 179 Å². The van der Waals surface area contributed by atoms with Crippen LogP contribution in [0.5, 0.6) is 0 Å². The van der Waals surface area contributed by atoms with E-state index in [2.05, 4.69) is 33.3 Å². The van der Waals surface area contributed by atoms with Crippen molar-refractivity contribution >= 4 is 22.7 Å². The second kappa shape index (κ2) is 10.4. The van der Waals surface area contributed by atoms with Crippen LogP contribution in [0.4, 0.5) is 11.8 Å². The van der Waals surface area contributed by atoms with Gasteiger partial charge in [-0.15, -0.1) is 0 Å². The number of anilines is 2. The summed E-state index contributed by atoms with van der Waals surface area (Å²) < 4.78 is 0. The van der Waals surface area contributed by atoms with E-state index in [1.807, 2.05) is 6.07 Å². The maximum absolute atomic E-state index is 9.15. The fraction of sp³-hybridized carbons (Fsp3) is 0.652. The topological polar surface area (TPSA) is 84.8 Å². The van der Waals surface area contributed by atoms with Gasteiger partial charge in [0.25, 0.3) is 0 Å². The molecule has 7 heteroatoms. The van der Waals surface area contributed by atoms with E-state index in [9.17, 15) is 0 Å². The molecule has 2 aliphatic heterocycles. The molecule has 0 spiro atoms. The molecule has 30 heavy (non-hydrogen) atoms. The molecule has 3 aliphatic rings. The summed E-state index contributed by atoms with van der Waals surface area (Å²) in [4.78, 5) is 14.3. The largest absolute Gasteiger partial charge is 0.395 e. The van der Waals surface area contributed by atoms with Crippen LogP contribution in [-0.2, 0) is 0 Å². The normalized spacial score (nSPS) is 21.4. The first-order chi connectivity index (χ1) is 14.8. The molecule has 0 atom stereocenters. The fourth-order valence-corrected chi connectivity index (χ4v) is 4.97. The molecule has 3 fully saturated rings. The third-order valence-corrected chi connectivity index (χ3v) is 6.57. The van der Waals surface area contributed by atoms with Gasteiger partial charge in [-0.2, -0.15) is 4.98 Å². The van der Waals surface area contributed by atoms with Crippen molar-refractivity contribution < 1.29 is 10.2 Å². The molecular formula is C23H35N5O2. The maximum atomic E-state index is 9.15. The third kappa shape index (κ3) is 5.20. The summed E-state index contributed by atoms with van der Waals surface area (Å²) in [6.45, 7) is 5.20. The van der Waals surface area contributed by atoms with Crippen molar-refractivity contribution in [1.29, 1.82) is 0 Å². The highest BCUT2D eigenvalue weighted by atomic mass is 16.3. The maximum Gasteiger partial charge on any atom is 0.225 e. The zero-order valence-electron chi connectivity index (χ0n) is 17.8. The monoisotopic (exact) mass is 413 g/mol. The first-order valence-corrected chi connectivity index (χ1v) is 11.5. The van der Waals surface area contributed by atoms with Gasteiger partial charge in [-0.1, -0.05) is 12.1 Å². The number of nitrogens with zero attached hydrogens (tertiary/aromatic N) is 4. The molecule has 164 valence electrons. The van der Waals surface area contributed by atoms with Crippen molar-refractivity contribution in [1.82, 2.24) is 14.9 Å². The second-order valence-corrected chi connectivity index (χ2v) is 8.75. The minimum atomic E-state index is 0.113. The lowest BCUT2D eigenvalue weighted by Crippen LogP contribution is -2.32. The number of aromatic nitrogens is 2. The molecule has 1 aromatic heterocycles. The smallest absolute Gasteiger partial charge is 0.225 e. The van der Waals surface area contributed by atoms with E-state index < -0.39 is 0 Å². The molecule has 7 nitrogen and oxygen atoms in total. The first kappa shape index (κ1) is 21.3. The quantitative estimate of drug-likeness (QED) is 0.516. The van der Waals surface area contributed by atoms with E-state index in [1.54, 1.807) is 0 Å². The van der Waals surface area contributed by atoms with Crippen LogP contribution in [-0.4, -0.2) is 77.6 Å². The lowest BCUT2D eigenvalue weighted by molar-refractivity contribution is 0.161. The van der Waals surface area contributed by atoms with Gasteiger partial charge in [0.1, 0.15) is 5.82 Å². The summed E-state index contributed by atoms with van der Waals surface area (Å²) in [6, 6.07) is 8.33. The average Bonchev–Trinajstić information content (AvgIpc) is 3.10. The molecule has 0 amide bonds. The van der Waals surface area contributed by atoms with Gasteiger partial charge in [-0.05, 0) is 62.6 Å². The van der Waals surface area contributed by atoms with Crippen LogP contribution < -0.4 is 10.2 Å². The summed E-state index contributed by atoms with van der Waals surface area (Å²) in [5.41, 5.74) is 0.990. The van der Waals surface area contributed by atoms with E-state index in [1.165, 1.54) is 25.7 Å². The minimum absolute atomic E-state index is 0.113. The van der Waals surface area contributed by atoms with Crippen molar-refractivity contribution in [2.24, 2.45) is 11.8 Å². The Balaban J connectivity index is 1.46. The molecule has 2 bridgehead atoms. The third-order valence-electron chi connectivity index (χ3n) is 6.57. The fourth-order valence-electron chi connectivity index (χ4n) is 4.97. The second-order valence-electron chi connectivity index (χ2n) is 8.75. The van der Waals surface area contributed by atoms with Crippen LogP contribution in [0.25, 0.3) is 10.9 Å². The molecule has 2 aromatic rings. The number of hydrogen-bond donors (Lipinski definition) is 3. The molecule has 3 heterocycles. The molecule has 1 aromatic carbocycles. The molecule has 5 rings (SSSR count). The van der Waals surface area contributed by atoms with Gasteiger partial charge < -0.3 is 20.4 Å². The van der Waals surface area contributed by atoms with Gasteiger partial charge in [0.15, 0.2) is 0 Å². The predicted octanol–water partition coefficient (Wildman–Crippen LogP) is 2.34. The average molecular weight is 414 g/mol. The Kier molecular flexibility index (Phi) is 7.36. The van der Waals surface area contributed by atoms with E-state index in [-0.39, 0.29) is 13.2 Å². The predicted molar refractivity (Wildman–Crippen MR) is 121 cm³/mol. The van der Waals surface area contributed by atoms with E-state index in [0.29, 0.717) is 19.0 Å². The number of rotatable bonds is 10. The Hall–Kier alpha value is -1.96. The Morgan fingerprint density at radius 2 is 1.60 bits per heavy atom. The van der Waals surface area contributed by atoms with Crippen LogP contribution in [0, 0.1) is 11.8 Å². The van der Waals surface area contributed by atoms with Gasteiger partial charge >= 0.3 is 0 Å². The first-order valence-electron chi connectivity index (χ1n) is 11.5. The number of aliphatic hydroxyl groups excluding tert-OH is 2. The van der Waals surface area contributed by atoms with Crippen LogP contribution in [0.3, 0.4) is 0 Å². The standard InChI is InChI=1S/C23H35N5O2/c29-14-12-27(13-15-30)11-3-10-24-23-25-21-5-2-1-4-20(21)22(26-23)28-16-18-6-7-19(17-28)9-8-18/h1-2,4-5,18-19,29-30H,3,6-17H2,(H,24,25,26). The minimum Gasteiger partial charge on any atom is -0.395 e. The van der Waals surface area contributed by atoms with E-state index >= 15 is 0 Å². The summed E-state index contributed by atoms with van der Waals surface area (Å²) in [5, 5.41) is 22.9. The van der Waals surface area contributed by atoms with Crippen LogP contribution >= 0.6 is 0 Å². The lowest BCUT2D eigenvalue weighted by Gasteiger charge is -2.25. The summed E-state index contributed by atoms with van der Waals surface area (Å²) >= 11 is 0. The van der Waals surface area contributed by atoms with Gasteiger partial charge in [0.2, 0.25) is 5.95 Å². The van der Waals surface area contributed by atoms with Gasteiger partial charge in [-0.3, -0.25) is 4.90 Å². The zero-order chi connectivity index (χ0) is 20.8. The lowest BCUT2D eigenvalue weighted by atomic mass is 9.84. The number of benzene rings is 1. The number of nitrogens with one attached hydrogen (secondary N) is 1. The van der Waals surface area contributed by atoms with E-state index in [0.717, 1.165) is 61.2 Å². The molecule has 0 unspecified atom stereocenters. The van der Waals surface area contributed by atoms with Gasteiger partial charge in [0.05, 0.1) is 18.7 Å². The summed E-state index contributed by atoms with van der Waals surface area (Å²) in [5.74, 6) is 3.34. The SMILES string of the molecule is OCCN(CCO)CCCNc1nc(N2CC3CCC(CC3)C2)c2ccccc2n1. The Bertz CT molecular complexity index is 789. The number of aliphatic hydroxyl groups is 2. The molecule has 1 saturated carbocycles.